The number of methoxy groups -OCH3 is 1. The Morgan fingerprint density at radius 1 is 1.40 bits per heavy atom. The smallest absolute Gasteiger partial charge is 0.0474 e. The lowest BCUT2D eigenvalue weighted by molar-refractivity contribution is 0.144. The fraction of sp³-hybridized carbons (Fsp3) is 1.00. The van der Waals surface area contributed by atoms with Gasteiger partial charge in [0, 0.05) is 19.8 Å². The van der Waals surface area contributed by atoms with Crippen LogP contribution in [0, 0.1) is 11.3 Å². The highest BCUT2D eigenvalue weighted by Crippen LogP contribution is 2.38. The third-order valence-corrected chi connectivity index (χ3v) is 3.63. The van der Waals surface area contributed by atoms with Crippen molar-refractivity contribution in [3.8, 4) is 0 Å². The molecule has 0 spiro atoms. The second kappa shape index (κ2) is 5.86. The largest absolute Gasteiger partial charge is 0.385 e. The van der Waals surface area contributed by atoms with Crippen LogP contribution in [0.15, 0.2) is 0 Å². The van der Waals surface area contributed by atoms with Gasteiger partial charge in [0.25, 0.3) is 0 Å². The zero-order valence-electron chi connectivity index (χ0n) is 10.8. The van der Waals surface area contributed by atoms with Crippen molar-refractivity contribution >= 4 is 0 Å². The molecule has 0 aliphatic heterocycles. The van der Waals surface area contributed by atoms with Crippen molar-refractivity contribution in [2.75, 3.05) is 20.3 Å². The van der Waals surface area contributed by atoms with E-state index in [1.165, 1.54) is 19.3 Å². The summed E-state index contributed by atoms with van der Waals surface area (Å²) in [6, 6.07) is 0.731. The fourth-order valence-electron chi connectivity index (χ4n) is 2.75. The normalized spacial score (nSPS) is 30.4. The maximum Gasteiger partial charge on any atom is 0.0474 e. The molecule has 1 aliphatic carbocycles. The van der Waals surface area contributed by atoms with Gasteiger partial charge in [-0.3, -0.25) is 0 Å². The molecule has 0 aromatic rings. The standard InChI is InChI=1S/C13H27NO/c1-11-10-13(2,3)7-6-12(11)14-8-5-9-15-4/h11-12,14H,5-10H2,1-4H3. The summed E-state index contributed by atoms with van der Waals surface area (Å²) in [7, 11) is 1.77. The summed E-state index contributed by atoms with van der Waals surface area (Å²) in [5, 5.41) is 3.66. The Morgan fingerprint density at radius 2 is 2.13 bits per heavy atom. The van der Waals surface area contributed by atoms with Crippen molar-refractivity contribution in [2.45, 2.75) is 52.5 Å². The van der Waals surface area contributed by atoms with Crippen LogP contribution in [-0.2, 0) is 4.74 Å². The van der Waals surface area contributed by atoms with Gasteiger partial charge in [0.1, 0.15) is 0 Å². The van der Waals surface area contributed by atoms with Crippen molar-refractivity contribution in [3.05, 3.63) is 0 Å². The summed E-state index contributed by atoms with van der Waals surface area (Å²) >= 11 is 0. The summed E-state index contributed by atoms with van der Waals surface area (Å²) in [6.07, 6.45) is 5.18. The number of ether oxygens (including phenoxy) is 1. The number of nitrogens with one attached hydrogen (secondary N) is 1. The number of hydrogen-bond acceptors (Lipinski definition) is 2. The molecule has 15 heavy (non-hydrogen) atoms. The molecule has 0 aromatic carbocycles. The molecule has 2 nitrogen and oxygen atoms in total. The van der Waals surface area contributed by atoms with Crippen molar-refractivity contribution in [1.82, 2.24) is 5.32 Å². The molecular formula is C13H27NO. The Bertz CT molecular complexity index is 179. The van der Waals surface area contributed by atoms with E-state index < -0.39 is 0 Å². The molecule has 1 aliphatic rings. The molecule has 0 amide bonds. The first-order valence-corrected chi connectivity index (χ1v) is 6.27. The Labute approximate surface area is 94.8 Å². The van der Waals surface area contributed by atoms with E-state index in [0.29, 0.717) is 5.41 Å². The predicted molar refractivity (Wildman–Crippen MR) is 65.1 cm³/mol. The molecule has 0 saturated heterocycles. The van der Waals surface area contributed by atoms with Gasteiger partial charge in [-0.2, -0.15) is 0 Å². The van der Waals surface area contributed by atoms with E-state index >= 15 is 0 Å². The van der Waals surface area contributed by atoms with Gasteiger partial charge in [0.2, 0.25) is 0 Å². The molecule has 2 heteroatoms. The number of hydrogen-bond donors (Lipinski definition) is 1. The number of rotatable bonds is 5. The molecule has 0 heterocycles. The first-order valence-electron chi connectivity index (χ1n) is 6.27. The van der Waals surface area contributed by atoms with E-state index in [9.17, 15) is 0 Å². The van der Waals surface area contributed by atoms with Crippen LogP contribution in [0.5, 0.6) is 0 Å². The summed E-state index contributed by atoms with van der Waals surface area (Å²) in [5.74, 6) is 0.816. The molecule has 0 bridgehead atoms. The Hall–Kier alpha value is -0.0800. The van der Waals surface area contributed by atoms with E-state index in [-0.39, 0.29) is 0 Å². The van der Waals surface area contributed by atoms with Gasteiger partial charge in [-0.25, -0.2) is 0 Å². The molecule has 1 N–H and O–H groups in total. The summed E-state index contributed by atoms with van der Waals surface area (Å²) in [4.78, 5) is 0. The molecule has 2 atom stereocenters. The third-order valence-electron chi connectivity index (χ3n) is 3.63. The van der Waals surface area contributed by atoms with Crippen LogP contribution in [0.1, 0.15) is 46.5 Å². The van der Waals surface area contributed by atoms with Crippen LogP contribution in [0.25, 0.3) is 0 Å². The molecule has 1 rings (SSSR count). The minimum absolute atomic E-state index is 0.560. The lowest BCUT2D eigenvalue weighted by Gasteiger charge is -2.39. The Kier molecular flexibility index (Phi) is 5.07. The molecule has 90 valence electrons. The van der Waals surface area contributed by atoms with E-state index in [1.807, 2.05) is 0 Å². The van der Waals surface area contributed by atoms with Gasteiger partial charge in [-0.05, 0) is 43.6 Å². The summed E-state index contributed by atoms with van der Waals surface area (Å²) in [5.41, 5.74) is 0.560. The first-order chi connectivity index (χ1) is 7.05. The maximum absolute atomic E-state index is 5.05. The monoisotopic (exact) mass is 213 g/mol. The van der Waals surface area contributed by atoms with E-state index in [2.05, 4.69) is 26.1 Å². The Balaban J connectivity index is 2.20. The van der Waals surface area contributed by atoms with Gasteiger partial charge < -0.3 is 10.1 Å². The fourth-order valence-corrected chi connectivity index (χ4v) is 2.75. The quantitative estimate of drug-likeness (QED) is 0.709. The van der Waals surface area contributed by atoms with Crippen molar-refractivity contribution in [2.24, 2.45) is 11.3 Å². The van der Waals surface area contributed by atoms with Crippen LogP contribution in [0.2, 0.25) is 0 Å². The molecule has 2 unspecified atom stereocenters. The highest BCUT2D eigenvalue weighted by atomic mass is 16.5. The second-order valence-electron chi connectivity index (χ2n) is 5.79. The second-order valence-corrected chi connectivity index (χ2v) is 5.79. The van der Waals surface area contributed by atoms with E-state index in [1.54, 1.807) is 7.11 Å². The van der Waals surface area contributed by atoms with Crippen LogP contribution >= 0.6 is 0 Å². The van der Waals surface area contributed by atoms with Crippen molar-refractivity contribution in [3.63, 3.8) is 0 Å². The minimum atomic E-state index is 0.560. The zero-order valence-corrected chi connectivity index (χ0v) is 10.8. The highest BCUT2D eigenvalue weighted by Gasteiger charge is 2.31. The highest BCUT2D eigenvalue weighted by molar-refractivity contribution is 4.86. The van der Waals surface area contributed by atoms with Gasteiger partial charge in [-0.1, -0.05) is 20.8 Å². The zero-order chi connectivity index (χ0) is 11.3. The van der Waals surface area contributed by atoms with Crippen molar-refractivity contribution in [1.29, 1.82) is 0 Å². The van der Waals surface area contributed by atoms with E-state index in [0.717, 1.165) is 31.5 Å². The summed E-state index contributed by atoms with van der Waals surface area (Å²) in [6.45, 7) is 9.15. The summed E-state index contributed by atoms with van der Waals surface area (Å²) < 4.78 is 5.05. The van der Waals surface area contributed by atoms with Gasteiger partial charge in [-0.15, -0.1) is 0 Å². The average Bonchev–Trinajstić information content (AvgIpc) is 2.14. The van der Waals surface area contributed by atoms with Crippen molar-refractivity contribution < 1.29 is 4.74 Å². The van der Waals surface area contributed by atoms with E-state index in [4.69, 9.17) is 4.74 Å². The third kappa shape index (κ3) is 4.52. The molecule has 0 radical (unpaired) electrons. The topological polar surface area (TPSA) is 21.3 Å². The lowest BCUT2D eigenvalue weighted by atomic mass is 9.70. The van der Waals surface area contributed by atoms with Crippen LogP contribution in [0.4, 0.5) is 0 Å². The van der Waals surface area contributed by atoms with Crippen LogP contribution in [0.3, 0.4) is 0 Å². The van der Waals surface area contributed by atoms with Gasteiger partial charge >= 0.3 is 0 Å². The first kappa shape index (κ1) is 13.0. The predicted octanol–water partition coefficient (Wildman–Crippen LogP) is 2.83. The molecule has 0 aromatic heterocycles. The van der Waals surface area contributed by atoms with Gasteiger partial charge in [0.05, 0.1) is 0 Å². The van der Waals surface area contributed by atoms with Gasteiger partial charge in [0.15, 0.2) is 0 Å². The van der Waals surface area contributed by atoms with Crippen LogP contribution in [-0.4, -0.2) is 26.3 Å². The SMILES string of the molecule is COCCCNC1CCC(C)(C)CC1C. The maximum atomic E-state index is 5.05. The average molecular weight is 213 g/mol. The molecular weight excluding hydrogens is 186 g/mol. The minimum Gasteiger partial charge on any atom is -0.385 e. The lowest BCUT2D eigenvalue weighted by Crippen LogP contribution is -2.42. The molecule has 1 fully saturated rings. The molecule has 1 saturated carbocycles. The van der Waals surface area contributed by atoms with Crippen LogP contribution < -0.4 is 5.32 Å². The Morgan fingerprint density at radius 3 is 2.73 bits per heavy atom.